The van der Waals surface area contributed by atoms with Crippen LogP contribution in [0.1, 0.15) is 15.9 Å². The molecule has 0 atom stereocenters. The summed E-state index contributed by atoms with van der Waals surface area (Å²) in [5.41, 5.74) is -4.49. The van der Waals surface area contributed by atoms with Crippen molar-refractivity contribution < 1.29 is 50.1 Å². The second-order valence-electron chi connectivity index (χ2n) is 4.29. The summed E-state index contributed by atoms with van der Waals surface area (Å²) in [5, 5.41) is 17.5. The van der Waals surface area contributed by atoms with Crippen LogP contribution in [-0.4, -0.2) is 16.0 Å². The van der Waals surface area contributed by atoms with Crippen LogP contribution in [0.2, 0.25) is 0 Å². The van der Waals surface area contributed by atoms with Crippen LogP contribution in [-0.2, 0) is 0 Å². The highest BCUT2D eigenvalue weighted by Gasteiger charge is 2.35. The van der Waals surface area contributed by atoms with Gasteiger partial charge in [-0.2, -0.15) is 17.6 Å². The van der Waals surface area contributed by atoms with Crippen molar-refractivity contribution in [2.75, 3.05) is 0 Å². The van der Waals surface area contributed by atoms with E-state index in [0.717, 1.165) is 0 Å². The first-order valence-corrected chi connectivity index (χ1v) is 5.66. The van der Waals surface area contributed by atoms with Crippen LogP contribution >= 0.6 is 0 Å². The molecule has 0 amide bonds. The molecular formula is C13H2F8O3. The van der Waals surface area contributed by atoms with Gasteiger partial charge in [-0.1, -0.05) is 0 Å². The fourth-order valence-corrected chi connectivity index (χ4v) is 1.76. The molecule has 0 saturated heterocycles. The third-order valence-corrected chi connectivity index (χ3v) is 2.93. The maximum Gasteiger partial charge on any atom is 0.205 e. The smallest absolute Gasteiger partial charge is 0.205 e. The molecule has 0 aliphatic heterocycles. The molecule has 2 N–H and O–H groups in total. The highest BCUT2D eigenvalue weighted by atomic mass is 19.2. The van der Waals surface area contributed by atoms with E-state index in [2.05, 4.69) is 0 Å². The SMILES string of the molecule is O=C(c1c(F)c(F)c(O)c(F)c1F)c1c(F)c(F)c(O)c(F)c1F. The van der Waals surface area contributed by atoms with Gasteiger partial charge in [-0.3, -0.25) is 4.79 Å². The van der Waals surface area contributed by atoms with E-state index in [1.807, 2.05) is 0 Å². The van der Waals surface area contributed by atoms with Gasteiger partial charge >= 0.3 is 0 Å². The van der Waals surface area contributed by atoms with Crippen LogP contribution in [0.5, 0.6) is 11.5 Å². The van der Waals surface area contributed by atoms with Crippen LogP contribution in [0, 0.1) is 46.5 Å². The van der Waals surface area contributed by atoms with Gasteiger partial charge in [-0.15, -0.1) is 0 Å². The number of phenolic OH excluding ortho intramolecular Hbond substituents is 2. The van der Waals surface area contributed by atoms with Crippen molar-refractivity contribution in [2.45, 2.75) is 0 Å². The Kier molecular flexibility index (Phi) is 4.12. The van der Waals surface area contributed by atoms with Crippen molar-refractivity contribution in [2.24, 2.45) is 0 Å². The van der Waals surface area contributed by atoms with Gasteiger partial charge in [-0.05, 0) is 0 Å². The van der Waals surface area contributed by atoms with Crippen LogP contribution in [0.3, 0.4) is 0 Å². The normalized spacial score (nSPS) is 11.0. The number of hydrogen-bond acceptors (Lipinski definition) is 3. The summed E-state index contributed by atoms with van der Waals surface area (Å²) in [6, 6.07) is 0. The molecule has 0 radical (unpaired) electrons. The van der Waals surface area contributed by atoms with E-state index in [0.29, 0.717) is 0 Å². The van der Waals surface area contributed by atoms with E-state index in [1.54, 1.807) is 0 Å². The molecule has 0 aromatic heterocycles. The topological polar surface area (TPSA) is 57.5 Å². The van der Waals surface area contributed by atoms with E-state index < -0.39 is 74.9 Å². The van der Waals surface area contributed by atoms with Gasteiger partial charge in [0.1, 0.15) is 11.1 Å². The zero-order chi connectivity index (χ0) is 18.5. The minimum atomic E-state index is -2.55. The van der Waals surface area contributed by atoms with E-state index in [-0.39, 0.29) is 0 Å². The second-order valence-corrected chi connectivity index (χ2v) is 4.29. The van der Waals surface area contributed by atoms with Crippen LogP contribution in [0.15, 0.2) is 0 Å². The summed E-state index contributed by atoms with van der Waals surface area (Å²) in [7, 11) is 0. The molecule has 0 spiro atoms. The van der Waals surface area contributed by atoms with Crippen molar-refractivity contribution in [1.29, 1.82) is 0 Å². The van der Waals surface area contributed by atoms with E-state index in [4.69, 9.17) is 10.2 Å². The lowest BCUT2D eigenvalue weighted by Gasteiger charge is -2.11. The summed E-state index contributed by atoms with van der Waals surface area (Å²) in [4.78, 5) is 11.8. The van der Waals surface area contributed by atoms with Gasteiger partial charge in [0.15, 0.2) is 34.8 Å². The molecule has 0 saturated carbocycles. The van der Waals surface area contributed by atoms with Crippen LogP contribution < -0.4 is 0 Å². The molecule has 0 aliphatic rings. The maximum atomic E-state index is 13.5. The van der Waals surface area contributed by atoms with Crippen molar-refractivity contribution in [1.82, 2.24) is 0 Å². The Labute approximate surface area is 126 Å². The van der Waals surface area contributed by atoms with Gasteiger partial charge in [-0.25, -0.2) is 17.6 Å². The summed E-state index contributed by atoms with van der Waals surface area (Å²) in [5.74, 6) is -26.9. The van der Waals surface area contributed by atoms with Gasteiger partial charge in [0.05, 0.1) is 0 Å². The Morgan fingerprint density at radius 1 is 0.500 bits per heavy atom. The monoisotopic (exact) mass is 358 g/mol. The van der Waals surface area contributed by atoms with Gasteiger partial charge in [0.2, 0.25) is 29.1 Å². The first-order valence-electron chi connectivity index (χ1n) is 5.66. The molecule has 128 valence electrons. The standard InChI is InChI=1S/C13H2F8O3/c14-3-1(4(15)8(19)12(23)7(3)18)11(22)2-5(16)9(20)13(24)10(21)6(2)17/h23-24H. The molecule has 0 heterocycles. The number of benzene rings is 2. The average Bonchev–Trinajstić information content (AvgIpc) is 2.55. The predicted octanol–water partition coefficient (Wildman–Crippen LogP) is 3.44. The second kappa shape index (κ2) is 5.65. The first-order chi connectivity index (χ1) is 11.0. The summed E-state index contributed by atoms with van der Waals surface area (Å²) < 4.78 is 107. The predicted molar refractivity (Wildman–Crippen MR) is 59.3 cm³/mol. The number of hydrogen-bond donors (Lipinski definition) is 2. The average molecular weight is 358 g/mol. The zero-order valence-corrected chi connectivity index (χ0v) is 10.8. The number of halogens is 8. The van der Waals surface area contributed by atoms with Gasteiger partial charge < -0.3 is 10.2 Å². The van der Waals surface area contributed by atoms with Gasteiger partial charge in [0, 0.05) is 0 Å². The lowest BCUT2D eigenvalue weighted by atomic mass is 9.99. The highest BCUT2D eigenvalue weighted by molar-refractivity contribution is 6.10. The number of phenols is 2. The van der Waals surface area contributed by atoms with Crippen LogP contribution in [0.4, 0.5) is 35.1 Å². The number of aromatic hydroxyl groups is 2. The third-order valence-electron chi connectivity index (χ3n) is 2.93. The Morgan fingerprint density at radius 2 is 0.708 bits per heavy atom. The molecule has 0 aliphatic carbocycles. The Morgan fingerprint density at radius 3 is 0.917 bits per heavy atom. The lowest BCUT2D eigenvalue weighted by molar-refractivity contribution is 0.101. The first kappa shape index (κ1) is 17.5. The number of rotatable bonds is 2. The van der Waals surface area contributed by atoms with Crippen LogP contribution in [0.25, 0.3) is 0 Å². The third kappa shape index (κ3) is 2.23. The Hall–Kier alpha value is -2.85. The van der Waals surface area contributed by atoms with E-state index >= 15 is 0 Å². The van der Waals surface area contributed by atoms with E-state index in [9.17, 15) is 39.9 Å². The summed E-state index contributed by atoms with van der Waals surface area (Å²) in [6.07, 6.45) is 0. The molecule has 24 heavy (non-hydrogen) atoms. The molecule has 0 unspecified atom stereocenters. The minimum absolute atomic E-state index is 2.16. The molecule has 0 bridgehead atoms. The summed E-state index contributed by atoms with van der Waals surface area (Å²) in [6.45, 7) is 0. The van der Waals surface area contributed by atoms with Gasteiger partial charge in [0.25, 0.3) is 0 Å². The fraction of sp³-hybridized carbons (Fsp3) is 0. The van der Waals surface area contributed by atoms with Crippen molar-refractivity contribution in [3.05, 3.63) is 57.7 Å². The summed E-state index contributed by atoms with van der Waals surface area (Å²) >= 11 is 0. The Balaban J connectivity index is 2.87. The molecule has 3 nitrogen and oxygen atoms in total. The van der Waals surface area contributed by atoms with Crippen molar-refractivity contribution in [3.63, 3.8) is 0 Å². The Bertz CT molecular complexity index is 764. The molecular weight excluding hydrogens is 356 g/mol. The largest absolute Gasteiger partial charge is 0.503 e. The molecule has 2 aromatic rings. The molecule has 2 aromatic carbocycles. The number of carbonyl (C=O) groups excluding carboxylic acids is 1. The number of ketones is 1. The number of carbonyl (C=O) groups is 1. The van der Waals surface area contributed by atoms with Crippen molar-refractivity contribution >= 4 is 5.78 Å². The highest BCUT2D eigenvalue weighted by Crippen LogP contribution is 2.34. The fourth-order valence-electron chi connectivity index (χ4n) is 1.76. The lowest BCUT2D eigenvalue weighted by Crippen LogP contribution is -2.16. The quantitative estimate of drug-likeness (QED) is 0.491. The van der Waals surface area contributed by atoms with E-state index in [1.165, 1.54) is 0 Å². The molecule has 2 rings (SSSR count). The van der Waals surface area contributed by atoms with Crippen molar-refractivity contribution in [3.8, 4) is 11.5 Å². The minimum Gasteiger partial charge on any atom is -0.503 e. The molecule has 0 fully saturated rings. The molecule has 11 heteroatoms. The maximum absolute atomic E-state index is 13.5. The zero-order valence-electron chi connectivity index (χ0n) is 10.8.